The summed E-state index contributed by atoms with van der Waals surface area (Å²) in [7, 11) is 0. The molecule has 8 N–H and O–H groups in total. The number of aromatic amines is 1. The van der Waals surface area contributed by atoms with Crippen LogP contribution in [0.5, 0.6) is 5.75 Å². The highest BCUT2D eigenvalue weighted by atomic mass is 127. The fraction of sp³-hybridized carbons (Fsp3) is 0.512. The standard InChI is InChI=1S/C43H60IN7O6/c1-3-5-17-34(40(54)46-22-6-4-2)50-41(55)35(23-29-13-9-7-10-14-29)48-37(26-32-27-45-28-47-32)43(57)51-42(56)36(24-30-15-11-8-12-16-30)49-39(53)21-19-31-18-20-33(44)38(52)25-31/h3,5,8,11-12,15-16,18,20,25,27-29,34-37,41,48,50,52,55H,4,6-7,9-10,13-14,17,19,21-24,26H2,1-2H3,(H,45,47)(H,46,54)(H,49,53)(H,51,56,57)/t34?,35-,36+,37+,41-/m1/s1. The number of imide groups is 1. The van der Waals surface area contributed by atoms with Crippen LogP contribution < -0.4 is 26.6 Å². The van der Waals surface area contributed by atoms with Crippen molar-refractivity contribution < 1.29 is 29.4 Å². The number of hydrogen-bond donors (Lipinski definition) is 8. The fourth-order valence-corrected chi connectivity index (χ4v) is 7.46. The maximum atomic E-state index is 14.2. The predicted molar refractivity (Wildman–Crippen MR) is 229 cm³/mol. The number of unbranched alkanes of at least 4 members (excludes halogenated alkanes) is 1. The van der Waals surface area contributed by atoms with E-state index in [0.29, 0.717) is 41.0 Å². The van der Waals surface area contributed by atoms with Crippen molar-refractivity contribution in [1.29, 1.82) is 0 Å². The third-order valence-electron chi connectivity index (χ3n) is 10.4. The number of amides is 4. The number of nitrogens with zero attached hydrogens (tertiary/aromatic N) is 1. The van der Waals surface area contributed by atoms with E-state index in [9.17, 15) is 29.4 Å². The minimum Gasteiger partial charge on any atom is -0.507 e. The molecule has 0 saturated heterocycles. The number of imidazole rings is 1. The van der Waals surface area contributed by atoms with Crippen molar-refractivity contribution in [2.24, 2.45) is 5.92 Å². The van der Waals surface area contributed by atoms with Crippen LogP contribution in [0.25, 0.3) is 0 Å². The van der Waals surface area contributed by atoms with E-state index in [1.165, 1.54) is 6.33 Å². The third kappa shape index (κ3) is 16.0. The summed E-state index contributed by atoms with van der Waals surface area (Å²) in [5, 5.41) is 36.9. The number of aromatic hydroxyl groups is 1. The third-order valence-corrected chi connectivity index (χ3v) is 11.3. The van der Waals surface area contributed by atoms with Gasteiger partial charge in [-0.2, -0.15) is 0 Å². The Morgan fingerprint density at radius 1 is 0.947 bits per heavy atom. The number of carbonyl (C=O) groups excluding carboxylic acids is 4. The number of benzene rings is 2. The van der Waals surface area contributed by atoms with E-state index in [2.05, 4.69) is 43.5 Å². The van der Waals surface area contributed by atoms with Crippen molar-refractivity contribution in [2.75, 3.05) is 6.54 Å². The number of aliphatic hydroxyl groups is 1. The van der Waals surface area contributed by atoms with Gasteiger partial charge in [-0.05, 0) is 84.4 Å². The number of rotatable bonds is 23. The molecule has 1 aliphatic carbocycles. The van der Waals surface area contributed by atoms with E-state index < -0.39 is 42.2 Å². The number of allylic oxidation sites excluding steroid dienone is 1. The first-order valence-electron chi connectivity index (χ1n) is 20.3. The second-order valence-electron chi connectivity index (χ2n) is 14.9. The maximum absolute atomic E-state index is 14.2. The lowest BCUT2D eigenvalue weighted by molar-refractivity contribution is -0.135. The van der Waals surface area contributed by atoms with Crippen molar-refractivity contribution >= 4 is 46.2 Å². The highest BCUT2D eigenvalue weighted by Gasteiger charge is 2.34. The number of aromatic nitrogens is 2. The number of aryl methyl sites for hydroxylation is 1. The number of phenols is 1. The van der Waals surface area contributed by atoms with Crippen LogP contribution in [0.4, 0.5) is 0 Å². The lowest BCUT2D eigenvalue weighted by Gasteiger charge is -2.34. The highest BCUT2D eigenvalue weighted by Crippen LogP contribution is 2.28. The molecule has 2 aromatic carbocycles. The molecule has 4 amide bonds. The highest BCUT2D eigenvalue weighted by molar-refractivity contribution is 14.1. The molecule has 1 heterocycles. The average molecular weight is 898 g/mol. The van der Waals surface area contributed by atoms with Gasteiger partial charge in [-0.3, -0.25) is 35.1 Å². The molecule has 14 heteroatoms. The fourth-order valence-electron chi connectivity index (χ4n) is 7.12. The van der Waals surface area contributed by atoms with Gasteiger partial charge in [-0.25, -0.2) is 4.98 Å². The molecular formula is C43H60IN7O6. The van der Waals surface area contributed by atoms with Crippen molar-refractivity contribution in [1.82, 2.24) is 36.6 Å². The molecule has 0 radical (unpaired) electrons. The molecule has 0 spiro atoms. The Bertz CT molecular complexity index is 1720. The number of H-pyrrole nitrogens is 1. The number of hydrogen-bond acceptors (Lipinski definition) is 9. The van der Waals surface area contributed by atoms with Crippen LogP contribution in [0.1, 0.15) is 94.9 Å². The first-order chi connectivity index (χ1) is 27.6. The summed E-state index contributed by atoms with van der Waals surface area (Å²) < 4.78 is 0.704. The van der Waals surface area contributed by atoms with E-state index in [1.54, 1.807) is 18.3 Å². The number of phenolic OH excluding ortho intramolecular Hbond substituents is 1. The summed E-state index contributed by atoms with van der Waals surface area (Å²) in [6.07, 6.45) is 14.3. The largest absolute Gasteiger partial charge is 0.507 e. The Morgan fingerprint density at radius 3 is 2.39 bits per heavy atom. The van der Waals surface area contributed by atoms with Crippen LogP contribution in [0.2, 0.25) is 0 Å². The predicted octanol–water partition coefficient (Wildman–Crippen LogP) is 4.72. The quantitative estimate of drug-likeness (QED) is 0.0288. The van der Waals surface area contributed by atoms with Gasteiger partial charge in [0.2, 0.25) is 23.6 Å². The molecule has 4 rings (SSSR count). The Kier molecular flexibility index (Phi) is 19.7. The minimum atomic E-state index is -1.20. The van der Waals surface area contributed by atoms with Crippen LogP contribution in [-0.2, 0) is 38.4 Å². The van der Waals surface area contributed by atoms with Gasteiger partial charge >= 0.3 is 0 Å². The molecule has 1 aromatic heterocycles. The van der Waals surface area contributed by atoms with Crippen LogP contribution in [-0.4, -0.2) is 80.7 Å². The van der Waals surface area contributed by atoms with Crippen molar-refractivity contribution in [3.05, 3.63) is 93.6 Å². The van der Waals surface area contributed by atoms with Gasteiger partial charge in [0.25, 0.3) is 0 Å². The van der Waals surface area contributed by atoms with Gasteiger partial charge in [0.05, 0.1) is 22.0 Å². The Morgan fingerprint density at radius 2 is 1.70 bits per heavy atom. The van der Waals surface area contributed by atoms with Crippen LogP contribution in [0.3, 0.4) is 0 Å². The zero-order valence-corrected chi connectivity index (χ0v) is 35.3. The lowest BCUT2D eigenvalue weighted by Crippen LogP contribution is -2.61. The monoisotopic (exact) mass is 897 g/mol. The van der Waals surface area contributed by atoms with Gasteiger partial charge in [0.1, 0.15) is 18.0 Å². The summed E-state index contributed by atoms with van der Waals surface area (Å²) in [6, 6.07) is 11.1. The number of halogens is 1. The van der Waals surface area contributed by atoms with Gasteiger partial charge in [-0.1, -0.05) is 94.0 Å². The van der Waals surface area contributed by atoms with Crippen LogP contribution in [0.15, 0.2) is 73.2 Å². The summed E-state index contributed by atoms with van der Waals surface area (Å²) >= 11 is 2.03. The molecule has 3 aromatic rings. The Labute approximate surface area is 350 Å². The zero-order valence-electron chi connectivity index (χ0n) is 33.1. The van der Waals surface area contributed by atoms with Crippen LogP contribution in [0, 0.1) is 9.49 Å². The van der Waals surface area contributed by atoms with E-state index in [-0.39, 0.29) is 36.8 Å². The van der Waals surface area contributed by atoms with Gasteiger partial charge in [0, 0.05) is 43.7 Å². The van der Waals surface area contributed by atoms with Crippen molar-refractivity contribution in [3.63, 3.8) is 0 Å². The minimum absolute atomic E-state index is 0.0654. The maximum Gasteiger partial charge on any atom is 0.249 e. The zero-order chi connectivity index (χ0) is 41.0. The summed E-state index contributed by atoms with van der Waals surface area (Å²) in [4.78, 5) is 61.9. The second-order valence-corrected chi connectivity index (χ2v) is 16.1. The van der Waals surface area contributed by atoms with E-state index >= 15 is 0 Å². The van der Waals surface area contributed by atoms with Gasteiger partial charge in [-0.15, -0.1) is 0 Å². The Hall–Kier alpha value is -4.12. The molecule has 1 unspecified atom stereocenters. The van der Waals surface area contributed by atoms with Crippen molar-refractivity contribution in [2.45, 2.75) is 128 Å². The normalized spacial score (nSPS) is 16.0. The average Bonchev–Trinajstić information content (AvgIpc) is 3.73. The van der Waals surface area contributed by atoms with E-state index in [1.807, 2.05) is 78.1 Å². The Balaban J connectivity index is 1.54. The van der Waals surface area contributed by atoms with Gasteiger partial charge < -0.3 is 25.8 Å². The molecule has 1 saturated carbocycles. The first kappa shape index (κ1) is 45.6. The molecular weight excluding hydrogens is 837 g/mol. The first-order valence-corrected chi connectivity index (χ1v) is 21.4. The summed E-state index contributed by atoms with van der Waals surface area (Å²) in [5.41, 5.74) is 2.22. The smallest absolute Gasteiger partial charge is 0.249 e. The van der Waals surface area contributed by atoms with Crippen molar-refractivity contribution in [3.8, 4) is 5.75 Å². The number of carbonyl (C=O) groups is 4. The molecule has 1 fully saturated rings. The number of aliphatic hydroxyl groups excluding tert-OH is 1. The molecule has 1 aliphatic rings. The summed E-state index contributed by atoms with van der Waals surface area (Å²) in [5.74, 6) is -1.45. The molecule has 57 heavy (non-hydrogen) atoms. The second kappa shape index (κ2) is 24.6. The molecule has 310 valence electrons. The molecule has 13 nitrogen and oxygen atoms in total. The van der Waals surface area contributed by atoms with E-state index in [4.69, 9.17) is 0 Å². The lowest BCUT2D eigenvalue weighted by atomic mass is 9.84. The van der Waals surface area contributed by atoms with Crippen LogP contribution >= 0.6 is 22.6 Å². The van der Waals surface area contributed by atoms with Gasteiger partial charge in [0.15, 0.2) is 0 Å². The molecule has 5 atom stereocenters. The molecule has 0 aliphatic heterocycles. The topological polar surface area (TPSA) is 198 Å². The number of nitrogens with one attached hydrogen (secondary N) is 6. The van der Waals surface area contributed by atoms with E-state index in [0.717, 1.165) is 56.1 Å². The summed E-state index contributed by atoms with van der Waals surface area (Å²) in [6.45, 7) is 4.47. The SMILES string of the molecule is CC=CCC(N[C@H](O)[C@@H](CC1CCCCC1)N[C@@H](Cc1cnc[nH]1)C(=O)NC(=O)[C@H](Cc1ccccc1)NC(=O)CCc1ccc(I)c(O)c1)C(=O)NCCCC. The molecule has 0 bridgehead atoms.